The van der Waals surface area contributed by atoms with Crippen LogP contribution in [0.2, 0.25) is 5.15 Å². The first-order valence-electron chi connectivity index (χ1n) is 2.76. The van der Waals surface area contributed by atoms with Gasteiger partial charge in [-0.3, -0.25) is 0 Å². The van der Waals surface area contributed by atoms with Gasteiger partial charge in [0.1, 0.15) is 5.15 Å². The molecule has 0 radical (unpaired) electrons. The van der Waals surface area contributed by atoms with Crippen molar-refractivity contribution >= 4 is 22.6 Å². The van der Waals surface area contributed by atoms with Crippen LogP contribution >= 0.6 is 11.6 Å². The van der Waals surface area contributed by atoms with Crippen LogP contribution in [-0.2, 0) is 0 Å². The van der Waals surface area contributed by atoms with E-state index >= 15 is 0 Å². The average Bonchev–Trinajstić information content (AvgIpc) is 2.36. The fraction of sp³-hybridized carbons (Fsp3) is 0. The molecule has 10 heavy (non-hydrogen) atoms. The standard InChI is InChI=1S/C6H3ClN3/c7-5-4-1-2-8-6(4)10-3-9-5/h1-3H/q-1. The molecule has 0 fully saturated rings. The van der Waals surface area contributed by atoms with Crippen molar-refractivity contribution in [1.82, 2.24) is 15.0 Å². The van der Waals surface area contributed by atoms with Gasteiger partial charge in [-0.1, -0.05) is 23.9 Å². The Morgan fingerprint density at radius 2 is 2.30 bits per heavy atom. The molecule has 0 aliphatic carbocycles. The zero-order chi connectivity index (χ0) is 6.97. The van der Waals surface area contributed by atoms with E-state index in [0.29, 0.717) is 10.8 Å². The molecule has 0 aromatic carbocycles. The second-order valence-electron chi connectivity index (χ2n) is 1.85. The van der Waals surface area contributed by atoms with Crippen molar-refractivity contribution < 1.29 is 0 Å². The van der Waals surface area contributed by atoms with Gasteiger partial charge in [0.05, 0.1) is 0 Å². The summed E-state index contributed by atoms with van der Waals surface area (Å²) in [6.45, 7) is 0. The summed E-state index contributed by atoms with van der Waals surface area (Å²) in [7, 11) is 0. The lowest BCUT2D eigenvalue weighted by atomic mass is 10.4. The van der Waals surface area contributed by atoms with Crippen molar-refractivity contribution in [3.63, 3.8) is 0 Å². The summed E-state index contributed by atoms with van der Waals surface area (Å²) in [5.41, 5.74) is 0.653. The van der Waals surface area contributed by atoms with Crippen molar-refractivity contribution in [2.75, 3.05) is 0 Å². The molecule has 2 rings (SSSR count). The van der Waals surface area contributed by atoms with Gasteiger partial charge < -0.3 is 9.97 Å². The fourth-order valence-electron chi connectivity index (χ4n) is 0.794. The molecule has 0 aliphatic heterocycles. The highest BCUT2D eigenvalue weighted by atomic mass is 35.5. The second-order valence-corrected chi connectivity index (χ2v) is 2.20. The molecule has 0 unspecified atom stereocenters. The van der Waals surface area contributed by atoms with E-state index in [4.69, 9.17) is 11.6 Å². The molecule has 0 saturated heterocycles. The van der Waals surface area contributed by atoms with Gasteiger partial charge in [0, 0.05) is 11.7 Å². The fourth-order valence-corrected chi connectivity index (χ4v) is 0.985. The molecule has 2 aromatic heterocycles. The zero-order valence-corrected chi connectivity index (χ0v) is 5.71. The first kappa shape index (κ1) is 5.68. The topological polar surface area (TPSA) is 39.9 Å². The average molecular weight is 153 g/mol. The van der Waals surface area contributed by atoms with Gasteiger partial charge in [0.2, 0.25) is 0 Å². The minimum atomic E-state index is 0.461. The third-order valence-corrected chi connectivity index (χ3v) is 1.55. The summed E-state index contributed by atoms with van der Waals surface area (Å²) in [4.78, 5) is 11.6. The minimum absolute atomic E-state index is 0.461. The van der Waals surface area contributed by atoms with Crippen LogP contribution in [0.1, 0.15) is 0 Å². The van der Waals surface area contributed by atoms with Gasteiger partial charge >= 0.3 is 0 Å². The van der Waals surface area contributed by atoms with E-state index in [2.05, 4.69) is 15.0 Å². The predicted octanol–water partition coefficient (Wildman–Crippen LogP) is 1.24. The van der Waals surface area contributed by atoms with Crippen LogP contribution in [0.25, 0.3) is 11.0 Å². The third kappa shape index (κ3) is 0.675. The lowest BCUT2D eigenvalue weighted by Crippen LogP contribution is -1.80. The molecular formula is C6H3ClN3-. The van der Waals surface area contributed by atoms with E-state index in [9.17, 15) is 0 Å². The molecular weight excluding hydrogens is 150 g/mol. The highest BCUT2D eigenvalue weighted by Gasteiger charge is 1.91. The summed E-state index contributed by atoms with van der Waals surface area (Å²) in [5, 5.41) is 1.27. The Kier molecular flexibility index (Phi) is 1.11. The Labute approximate surface area is 62.1 Å². The van der Waals surface area contributed by atoms with Gasteiger partial charge in [0.15, 0.2) is 0 Å². The number of halogens is 1. The maximum Gasteiger partial charge on any atom is 0.135 e. The molecule has 0 bridgehead atoms. The van der Waals surface area contributed by atoms with Crippen LogP contribution < -0.4 is 4.98 Å². The maximum atomic E-state index is 5.71. The quantitative estimate of drug-likeness (QED) is 0.534. The maximum absolute atomic E-state index is 5.71. The van der Waals surface area contributed by atoms with Crippen LogP contribution in [-0.4, -0.2) is 9.97 Å². The summed E-state index contributed by atoms with van der Waals surface area (Å²) < 4.78 is 0. The largest absolute Gasteiger partial charge is 0.442 e. The van der Waals surface area contributed by atoms with Crippen molar-refractivity contribution in [3.8, 4) is 0 Å². The molecule has 0 N–H and O–H groups in total. The van der Waals surface area contributed by atoms with Crippen LogP contribution in [0, 0.1) is 0 Å². The Bertz CT molecular complexity index is 355. The third-order valence-electron chi connectivity index (χ3n) is 1.25. The van der Waals surface area contributed by atoms with E-state index < -0.39 is 0 Å². The molecule has 2 heterocycles. The van der Waals surface area contributed by atoms with Crippen LogP contribution in [0.3, 0.4) is 0 Å². The molecule has 0 aliphatic rings. The Morgan fingerprint density at radius 1 is 1.40 bits per heavy atom. The number of aromatic nitrogens is 3. The monoisotopic (exact) mass is 152 g/mol. The van der Waals surface area contributed by atoms with Crippen LogP contribution in [0.4, 0.5) is 0 Å². The summed E-state index contributed by atoms with van der Waals surface area (Å²) in [6, 6.07) is 1.79. The number of hydrogen-bond donors (Lipinski definition) is 0. The minimum Gasteiger partial charge on any atom is -0.442 e. The highest BCUT2D eigenvalue weighted by Crippen LogP contribution is 2.15. The molecule has 0 atom stereocenters. The van der Waals surface area contributed by atoms with Crippen LogP contribution in [0.5, 0.6) is 0 Å². The number of rotatable bonds is 0. The van der Waals surface area contributed by atoms with E-state index in [-0.39, 0.29) is 0 Å². The molecule has 2 aromatic rings. The van der Waals surface area contributed by atoms with Gasteiger partial charge in [-0.05, 0) is 5.65 Å². The number of nitrogens with zero attached hydrogens (tertiary/aromatic N) is 3. The zero-order valence-electron chi connectivity index (χ0n) is 4.95. The van der Waals surface area contributed by atoms with Gasteiger partial charge in [0.25, 0.3) is 0 Å². The van der Waals surface area contributed by atoms with Crippen LogP contribution in [0.15, 0.2) is 18.6 Å². The van der Waals surface area contributed by atoms with E-state index in [1.807, 2.05) is 0 Å². The number of fused-ring (bicyclic) bond motifs is 1. The smallest absolute Gasteiger partial charge is 0.135 e. The molecule has 4 heteroatoms. The second kappa shape index (κ2) is 1.95. The molecule has 0 amide bonds. The Morgan fingerprint density at radius 3 is 3.10 bits per heavy atom. The normalized spacial score (nSPS) is 10.5. The SMILES string of the molecule is Clc1ncnc2[n-]ccc12. The molecule has 0 saturated carbocycles. The first-order valence-corrected chi connectivity index (χ1v) is 3.13. The molecule has 3 nitrogen and oxygen atoms in total. The summed E-state index contributed by atoms with van der Waals surface area (Å²) in [6.07, 6.45) is 3.06. The van der Waals surface area contributed by atoms with Crippen molar-refractivity contribution in [2.45, 2.75) is 0 Å². The van der Waals surface area contributed by atoms with Crippen molar-refractivity contribution in [3.05, 3.63) is 23.7 Å². The number of hydrogen-bond acceptors (Lipinski definition) is 2. The highest BCUT2D eigenvalue weighted by molar-refractivity contribution is 6.33. The van der Waals surface area contributed by atoms with Crippen molar-refractivity contribution in [2.24, 2.45) is 0 Å². The Balaban J connectivity index is 2.95. The first-order chi connectivity index (χ1) is 4.88. The van der Waals surface area contributed by atoms with E-state index in [1.54, 1.807) is 12.3 Å². The molecule has 0 spiro atoms. The summed E-state index contributed by atoms with van der Waals surface area (Å²) >= 11 is 5.71. The Hall–Kier alpha value is -1.09. The van der Waals surface area contributed by atoms with Gasteiger partial charge in [-0.25, -0.2) is 4.98 Å². The van der Waals surface area contributed by atoms with E-state index in [1.165, 1.54) is 6.33 Å². The lowest BCUT2D eigenvalue weighted by molar-refractivity contribution is 1.19. The van der Waals surface area contributed by atoms with E-state index in [0.717, 1.165) is 5.39 Å². The van der Waals surface area contributed by atoms with Gasteiger partial charge in [-0.2, -0.15) is 0 Å². The molecule has 50 valence electrons. The van der Waals surface area contributed by atoms with Crippen molar-refractivity contribution in [1.29, 1.82) is 0 Å². The predicted molar refractivity (Wildman–Crippen MR) is 37.9 cm³/mol. The lowest BCUT2D eigenvalue weighted by Gasteiger charge is -1.97. The summed E-state index contributed by atoms with van der Waals surface area (Å²) in [5.74, 6) is 0. The van der Waals surface area contributed by atoms with Gasteiger partial charge in [-0.15, -0.1) is 0 Å².